The summed E-state index contributed by atoms with van der Waals surface area (Å²) in [6, 6.07) is 14.2. The van der Waals surface area contributed by atoms with Crippen LogP contribution in [0.1, 0.15) is 22.7 Å². The highest BCUT2D eigenvalue weighted by Gasteiger charge is 2.44. The van der Waals surface area contributed by atoms with Crippen LogP contribution in [0.2, 0.25) is 0 Å². The van der Waals surface area contributed by atoms with Crippen molar-refractivity contribution in [1.29, 1.82) is 0 Å². The van der Waals surface area contributed by atoms with E-state index in [0.717, 1.165) is 14.7 Å². The van der Waals surface area contributed by atoms with Gasteiger partial charge in [-0.25, -0.2) is 0 Å². The number of hydrogen-bond acceptors (Lipinski definition) is 3. The Hall–Kier alpha value is -2.15. The summed E-state index contributed by atoms with van der Waals surface area (Å²) in [5.41, 5.74) is 2.51. The van der Waals surface area contributed by atoms with Crippen molar-refractivity contribution in [1.82, 2.24) is 4.90 Å². The highest BCUT2D eigenvalue weighted by Crippen LogP contribution is 2.38. The molecule has 1 aliphatic heterocycles. The zero-order valence-electron chi connectivity index (χ0n) is 13.3. The van der Waals surface area contributed by atoms with Gasteiger partial charge in [0.15, 0.2) is 0 Å². The van der Waals surface area contributed by atoms with E-state index >= 15 is 0 Å². The smallest absolute Gasteiger partial charge is 0.295 e. The van der Waals surface area contributed by atoms with E-state index in [9.17, 15) is 14.7 Å². The molecule has 1 heterocycles. The molecule has 1 atom stereocenters. The van der Waals surface area contributed by atoms with E-state index in [1.54, 1.807) is 19.2 Å². The summed E-state index contributed by atoms with van der Waals surface area (Å²) >= 11 is 2.20. The second-order valence-corrected chi connectivity index (χ2v) is 7.07. The lowest BCUT2D eigenvalue weighted by atomic mass is 9.95. The monoisotopic (exact) mass is 433 g/mol. The Morgan fingerprint density at radius 1 is 1.04 bits per heavy atom. The maximum atomic E-state index is 12.4. The summed E-state index contributed by atoms with van der Waals surface area (Å²) in [6.07, 6.45) is 0. The van der Waals surface area contributed by atoms with E-state index in [-0.39, 0.29) is 11.3 Å². The number of likely N-dealkylation sites (N-methyl/N-ethyl adjacent to an activating group) is 1. The van der Waals surface area contributed by atoms with E-state index < -0.39 is 17.7 Å². The van der Waals surface area contributed by atoms with Gasteiger partial charge in [-0.15, -0.1) is 0 Å². The van der Waals surface area contributed by atoms with Crippen molar-refractivity contribution in [3.63, 3.8) is 0 Å². The van der Waals surface area contributed by atoms with Crippen molar-refractivity contribution in [3.8, 4) is 0 Å². The molecule has 0 aliphatic carbocycles. The van der Waals surface area contributed by atoms with Crippen molar-refractivity contribution in [2.45, 2.75) is 13.0 Å². The van der Waals surface area contributed by atoms with E-state index in [4.69, 9.17) is 0 Å². The molecule has 4 nitrogen and oxygen atoms in total. The van der Waals surface area contributed by atoms with Gasteiger partial charge in [-0.05, 0) is 47.2 Å². The van der Waals surface area contributed by atoms with Crippen LogP contribution in [0.15, 0.2) is 54.1 Å². The average molecular weight is 433 g/mol. The molecule has 0 spiro atoms. The van der Waals surface area contributed by atoms with Crippen LogP contribution in [-0.4, -0.2) is 28.7 Å². The lowest BCUT2D eigenvalue weighted by Gasteiger charge is -2.21. The van der Waals surface area contributed by atoms with E-state index in [1.165, 1.54) is 4.90 Å². The van der Waals surface area contributed by atoms with Crippen molar-refractivity contribution < 1.29 is 14.7 Å². The van der Waals surface area contributed by atoms with E-state index in [1.807, 2.05) is 43.3 Å². The van der Waals surface area contributed by atoms with Crippen molar-refractivity contribution >= 4 is 40.0 Å². The molecule has 0 saturated carbocycles. The van der Waals surface area contributed by atoms with E-state index in [0.29, 0.717) is 5.56 Å². The maximum Gasteiger partial charge on any atom is 0.295 e. The predicted octanol–water partition coefficient (Wildman–Crippen LogP) is 3.65. The maximum absolute atomic E-state index is 12.4. The molecule has 0 radical (unpaired) electrons. The molecule has 1 N–H and O–H groups in total. The Balaban J connectivity index is 2.16. The number of nitrogens with zero attached hydrogens (tertiary/aromatic N) is 1. The first-order chi connectivity index (χ1) is 11.4. The molecule has 2 aromatic carbocycles. The predicted molar refractivity (Wildman–Crippen MR) is 100 cm³/mol. The fourth-order valence-corrected chi connectivity index (χ4v) is 3.21. The molecular formula is C19H16INO3. The number of amides is 1. The average Bonchev–Trinajstić information content (AvgIpc) is 2.80. The third-order valence-electron chi connectivity index (χ3n) is 4.19. The van der Waals surface area contributed by atoms with Gasteiger partial charge in [-0.2, -0.15) is 0 Å². The van der Waals surface area contributed by atoms with E-state index in [2.05, 4.69) is 22.6 Å². The third kappa shape index (κ3) is 2.84. The highest BCUT2D eigenvalue weighted by atomic mass is 127. The summed E-state index contributed by atoms with van der Waals surface area (Å²) in [7, 11) is 1.58. The molecule has 1 amide bonds. The Bertz CT molecular complexity index is 838. The molecule has 3 rings (SSSR count). The molecule has 122 valence electrons. The Kier molecular flexibility index (Phi) is 4.45. The Morgan fingerprint density at radius 3 is 2.21 bits per heavy atom. The minimum atomic E-state index is -0.654. The van der Waals surface area contributed by atoms with Gasteiger partial charge in [0, 0.05) is 16.2 Å². The summed E-state index contributed by atoms with van der Waals surface area (Å²) in [4.78, 5) is 26.0. The molecule has 24 heavy (non-hydrogen) atoms. The molecule has 1 saturated heterocycles. The number of Topliss-reactive ketones (excluding diaryl/α,β-unsaturated/α-hetero) is 1. The number of carbonyl (C=O) groups is 2. The van der Waals surface area contributed by atoms with Gasteiger partial charge in [0.25, 0.3) is 11.7 Å². The number of halogens is 1. The van der Waals surface area contributed by atoms with Crippen LogP contribution < -0.4 is 0 Å². The standard InChI is InChI=1S/C19H16INO3/c1-11-3-5-13(6-4-11)17(22)15-16(21(2)19(24)18(15)23)12-7-9-14(20)10-8-12/h3-10,16,22H,1-2H3/b17-15+. The lowest BCUT2D eigenvalue weighted by Crippen LogP contribution is -2.24. The second-order valence-electron chi connectivity index (χ2n) is 5.83. The fraction of sp³-hybridized carbons (Fsp3) is 0.158. The Morgan fingerprint density at radius 2 is 1.62 bits per heavy atom. The largest absolute Gasteiger partial charge is 0.507 e. The summed E-state index contributed by atoms with van der Waals surface area (Å²) in [5.74, 6) is -1.40. The van der Waals surface area contributed by atoms with Crippen LogP contribution in [0, 0.1) is 10.5 Å². The first-order valence-corrected chi connectivity index (χ1v) is 8.55. The van der Waals surface area contributed by atoms with Crippen LogP contribution in [0.4, 0.5) is 0 Å². The van der Waals surface area contributed by atoms with Gasteiger partial charge in [0.05, 0.1) is 11.6 Å². The number of aryl methyl sites for hydroxylation is 1. The van der Waals surface area contributed by atoms with Gasteiger partial charge in [0.1, 0.15) is 5.76 Å². The highest BCUT2D eigenvalue weighted by molar-refractivity contribution is 14.1. The summed E-state index contributed by atoms with van der Waals surface area (Å²) < 4.78 is 1.06. The molecule has 1 unspecified atom stereocenters. The zero-order valence-corrected chi connectivity index (χ0v) is 15.4. The van der Waals surface area contributed by atoms with Gasteiger partial charge in [-0.1, -0.05) is 42.0 Å². The normalized spacial score (nSPS) is 19.8. The van der Waals surface area contributed by atoms with Crippen molar-refractivity contribution in [2.24, 2.45) is 0 Å². The third-order valence-corrected chi connectivity index (χ3v) is 4.90. The van der Waals surface area contributed by atoms with Crippen LogP contribution in [0.5, 0.6) is 0 Å². The molecule has 2 aromatic rings. The number of aliphatic hydroxyl groups excluding tert-OH is 1. The summed E-state index contributed by atoms with van der Waals surface area (Å²) in [6.45, 7) is 1.94. The SMILES string of the molecule is Cc1ccc(/C(O)=C2\C(=O)C(=O)N(C)C2c2ccc(I)cc2)cc1. The molecular weight excluding hydrogens is 417 g/mol. The number of likely N-dealkylation sites (tertiary alicyclic amines) is 1. The molecule has 0 bridgehead atoms. The van der Waals surface area contributed by atoms with Crippen LogP contribution in [0.3, 0.4) is 0 Å². The minimum absolute atomic E-state index is 0.132. The number of benzene rings is 2. The first kappa shape index (κ1) is 16.7. The summed E-state index contributed by atoms with van der Waals surface area (Å²) in [5, 5.41) is 10.7. The molecule has 1 fully saturated rings. The van der Waals surface area contributed by atoms with Gasteiger partial charge in [-0.3, -0.25) is 9.59 Å². The topological polar surface area (TPSA) is 57.6 Å². The molecule has 0 aromatic heterocycles. The number of ketones is 1. The molecule has 1 aliphatic rings. The van der Waals surface area contributed by atoms with Crippen LogP contribution >= 0.6 is 22.6 Å². The second kappa shape index (κ2) is 6.39. The van der Waals surface area contributed by atoms with Crippen LogP contribution in [-0.2, 0) is 9.59 Å². The number of carbonyl (C=O) groups excluding carboxylic acids is 2. The number of rotatable bonds is 2. The Labute approximate surface area is 153 Å². The molecule has 5 heteroatoms. The zero-order chi connectivity index (χ0) is 17.4. The quantitative estimate of drug-likeness (QED) is 0.341. The van der Waals surface area contributed by atoms with Crippen molar-refractivity contribution in [3.05, 3.63) is 74.4 Å². The van der Waals surface area contributed by atoms with Gasteiger partial charge < -0.3 is 10.0 Å². The van der Waals surface area contributed by atoms with Gasteiger partial charge in [0.2, 0.25) is 0 Å². The minimum Gasteiger partial charge on any atom is -0.507 e. The number of hydrogen-bond donors (Lipinski definition) is 1. The lowest BCUT2D eigenvalue weighted by molar-refractivity contribution is -0.139. The van der Waals surface area contributed by atoms with Crippen LogP contribution in [0.25, 0.3) is 5.76 Å². The fourth-order valence-electron chi connectivity index (χ4n) is 2.85. The van der Waals surface area contributed by atoms with Gasteiger partial charge >= 0.3 is 0 Å². The first-order valence-electron chi connectivity index (χ1n) is 7.47. The number of aliphatic hydroxyl groups is 1. The van der Waals surface area contributed by atoms with Crippen molar-refractivity contribution in [2.75, 3.05) is 7.05 Å².